The Labute approximate surface area is 170 Å². The van der Waals surface area contributed by atoms with Crippen LogP contribution in [0.5, 0.6) is 0 Å². The fourth-order valence-corrected chi connectivity index (χ4v) is 9.19. The number of Topliss-reactive ketones (excluding diaryl/α,β-unsaturated/α-hetero) is 1. The van der Waals surface area contributed by atoms with Crippen LogP contribution in [-0.4, -0.2) is 46.6 Å². The van der Waals surface area contributed by atoms with Crippen molar-refractivity contribution < 1.29 is 29.3 Å². The first-order chi connectivity index (χ1) is 13.5. The van der Waals surface area contributed by atoms with Crippen molar-refractivity contribution in [1.29, 1.82) is 0 Å². The lowest BCUT2D eigenvalue weighted by atomic mass is 9.25. The van der Waals surface area contributed by atoms with Gasteiger partial charge in [-0.2, -0.15) is 0 Å². The number of hydrogen-bond donors (Lipinski definition) is 2. The molecule has 5 aliphatic carbocycles. The van der Waals surface area contributed by atoms with Crippen molar-refractivity contribution in [2.75, 3.05) is 6.61 Å². The zero-order valence-electron chi connectivity index (χ0n) is 17.5. The summed E-state index contributed by atoms with van der Waals surface area (Å²) in [5.41, 5.74) is 0.00653. The van der Waals surface area contributed by atoms with Crippen molar-refractivity contribution in [3.8, 4) is 0 Å². The van der Waals surface area contributed by atoms with Gasteiger partial charge >= 0.3 is 5.97 Å². The summed E-state index contributed by atoms with van der Waals surface area (Å²) in [4.78, 5) is 25.6. The lowest BCUT2D eigenvalue weighted by Gasteiger charge is -2.81. The molecule has 2 aliphatic heterocycles. The average Bonchev–Trinajstić information content (AvgIpc) is 2.63. The molecule has 7 rings (SSSR count). The third-order valence-electron chi connectivity index (χ3n) is 10.0. The molecule has 0 aromatic carbocycles. The number of aliphatic hydroxyl groups is 2. The number of carbonyl (C=O) groups excluding carboxylic acids is 2. The molecule has 6 heteroatoms. The van der Waals surface area contributed by atoms with Crippen molar-refractivity contribution in [3.05, 3.63) is 11.1 Å². The van der Waals surface area contributed by atoms with Crippen molar-refractivity contribution in [2.45, 2.75) is 71.4 Å². The van der Waals surface area contributed by atoms with Crippen LogP contribution in [0.25, 0.3) is 0 Å². The van der Waals surface area contributed by atoms with Crippen LogP contribution in [0, 0.1) is 39.9 Å². The molecule has 158 valence electrons. The number of hydrogen-bond acceptors (Lipinski definition) is 6. The van der Waals surface area contributed by atoms with E-state index in [4.69, 9.17) is 9.47 Å². The van der Waals surface area contributed by atoms with Crippen LogP contribution < -0.4 is 0 Å². The quantitative estimate of drug-likeness (QED) is 0.652. The minimum Gasteiger partial charge on any atom is -0.462 e. The van der Waals surface area contributed by atoms with E-state index in [2.05, 4.69) is 13.8 Å². The average molecular weight is 402 g/mol. The van der Waals surface area contributed by atoms with Gasteiger partial charge in [0.1, 0.15) is 17.6 Å². The Bertz CT molecular complexity index is 890. The molecule has 6 fully saturated rings. The van der Waals surface area contributed by atoms with Gasteiger partial charge in [-0.1, -0.05) is 19.4 Å². The number of ether oxygens (including phenoxy) is 2. The Balaban J connectivity index is 1.59. The van der Waals surface area contributed by atoms with Gasteiger partial charge in [0, 0.05) is 29.7 Å². The molecule has 0 aromatic heterocycles. The standard InChI is InChI=1S/C23H30O6/c1-10-12-5-6-13-21-9-28-23(27,22(13)16(12)15(10)18(22)25)19(26)17(21)20(3,4)8-7-14(21)29-11(2)24/h12-14,16-17,19,26-27H,5-9H2,1-4H3. The summed E-state index contributed by atoms with van der Waals surface area (Å²) < 4.78 is 11.9. The van der Waals surface area contributed by atoms with Crippen LogP contribution in [0.3, 0.4) is 0 Å². The minimum atomic E-state index is -1.86. The third-order valence-corrected chi connectivity index (χ3v) is 10.0. The first-order valence-electron chi connectivity index (χ1n) is 11.0. The molecule has 6 nitrogen and oxygen atoms in total. The Kier molecular flexibility index (Phi) is 3.18. The van der Waals surface area contributed by atoms with Crippen LogP contribution in [0.2, 0.25) is 0 Å². The van der Waals surface area contributed by atoms with E-state index < -0.39 is 28.8 Å². The molecule has 2 N–H and O–H groups in total. The first-order valence-corrected chi connectivity index (χ1v) is 11.0. The molecule has 9 atom stereocenters. The molecule has 0 radical (unpaired) electrons. The van der Waals surface area contributed by atoms with E-state index in [1.807, 2.05) is 6.92 Å². The summed E-state index contributed by atoms with van der Waals surface area (Å²) in [6.45, 7) is 7.91. The summed E-state index contributed by atoms with van der Waals surface area (Å²) in [5.74, 6) is -2.41. The lowest BCUT2D eigenvalue weighted by molar-refractivity contribution is -0.464. The van der Waals surface area contributed by atoms with Crippen LogP contribution in [0.1, 0.15) is 53.4 Å². The normalized spacial score (nSPS) is 55.9. The smallest absolute Gasteiger partial charge is 0.302 e. The van der Waals surface area contributed by atoms with Gasteiger partial charge in [-0.05, 0) is 49.9 Å². The van der Waals surface area contributed by atoms with Crippen molar-refractivity contribution in [1.82, 2.24) is 0 Å². The summed E-state index contributed by atoms with van der Waals surface area (Å²) >= 11 is 0. The van der Waals surface area contributed by atoms with Gasteiger partial charge in [0.05, 0.1) is 6.61 Å². The summed E-state index contributed by atoms with van der Waals surface area (Å²) in [5, 5.41) is 23.5. The maximum Gasteiger partial charge on any atom is 0.302 e. The lowest BCUT2D eigenvalue weighted by Crippen LogP contribution is -2.90. The van der Waals surface area contributed by atoms with E-state index in [-0.39, 0.29) is 47.4 Å². The molecule has 2 heterocycles. The SMILES string of the molecule is CC(=O)OC1CCC(C)(C)C2C(O)C3(O)OCC12C1CCC2C(C)=C4C(=O)C13C42. The summed E-state index contributed by atoms with van der Waals surface area (Å²) in [7, 11) is 0. The number of rotatable bonds is 1. The second kappa shape index (κ2) is 4.97. The number of carbonyl (C=O) groups is 2. The van der Waals surface area contributed by atoms with Gasteiger partial charge in [0.15, 0.2) is 5.78 Å². The van der Waals surface area contributed by atoms with E-state index in [1.54, 1.807) is 0 Å². The Morgan fingerprint density at radius 3 is 2.66 bits per heavy atom. The van der Waals surface area contributed by atoms with E-state index in [0.29, 0.717) is 6.42 Å². The highest BCUT2D eigenvalue weighted by Gasteiger charge is 2.90. The summed E-state index contributed by atoms with van der Waals surface area (Å²) in [6.07, 6.45) is 1.67. The monoisotopic (exact) mass is 402 g/mol. The van der Waals surface area contributed by atoms with Crippen molar-refractivity contribution in [2.24, 2.45) is 39.9 Å². The Hall–Kier alpha value is -1.24. The molecule has 9 unspecified atom stereocenters. The molecular weight excluding hydrogens is 372 g/mol. The second-order valence-electron chi connectivity index (χ2n) is 11.2. The number of ketones is 1. The Morgan fingerprint density at radius 2 is 1.97 bits per heavy atom. The topological polar surface area (TPSA) is 93.1 Å². The van der Waals surface area contributed by atoms with E-state index in [1.165, 1.54) is 6.92 Å². The zero-order valence-corrected chi connectivity index (χ0v) is 17.5. The van der Waals surface area contributed by atoms with Gasteiger partial charge in [0.25, 0.3) is 0 Å². The van der Waals surface area contributed by atoms with E-state index >= 15 is 0 Å². The third kappa shape index (κ3) is 1.58. The Morgan fingerprint density at radius 1 is 1.24 bits per heavy atom. The van der Waals surface area contributed by atoms with E-state index in [0.717, 1.165) is 30.4 Å². The number of allylic oxidation sites excluding steroid dienone is 2. The van der Waals surface area contributed by atoms with Crippen LogP contribution in [-0.2, 0) is 19.1 Å². The van der Waals surface area contributed by atoms with Crippen LogP contribution in [0.4, 0.5) is 0 Å². The number of esters is 1. The maximum absolute atomic E-state index is 13.6. The highest BCUT2D eigenvalue weighted by Crippen LogP contribution is 2.82. The predicted octanol–water partition coefficient (Wildman–Crippen LogP) is 1.98. The van der Waals surface area contributed by atoms with Gasteiger partial charge in [-0.25, -0.2) is 0 Å². The molecule has 2 bridgehead atoms. The molecule has 0 aromatic rings. The molecule has 2 spiro atoms. The largest absolute Gasteiger partial charge is 0.462 e. The zero-order chi connectivity index (χ0) is 20.7. The number of fused-ring (bicyclic) bond motifs is 1. The van der Waals surface area contributed by atoms with Crippen molar-refractivity contribution >= 4 is 11.8 Å². The highest BCUT2D eigenvalue weighted by molar-refractivity contribution is 6.12. The maximum atomic E-state index is 13.6. The highest BCUT2D eigenvalue weighted by atomic mass is 16.6. The molecule has 4 saturated carbocycles. The fourth-order valence-electron chi connectivity index (χ4n) is 9.19. The molecule has 7 aliphatic rings. The molecule has 29 heavy (non-hydrogen) atoms. The van der Waals surface area contributed by atoms with E-state index in [9.17, 15) is 19.8 Å². The summed E-state index contributed by atoms with van der Waals surface area (Å²) in [6, 6.07) is 0. The molecule has 2 saturated heterocycles. The second-order valence-corrected chi connectivity index (χ2v) is 11.2. The van der Waals surface area contributed by atoms with Gasteiger partial charge in [-0.15, -0.1) is 0 Å². The van der Waals surface area contributed by atoms with Crippen LogP contribution >= 0.6 is 0 Å². The predicted molar refractivity (Wildman–Crippen MR) is 101 cm³/mol. The minimum absolute atomic E-state index is 0.0328. The van der Waals surface area contributed by atoms with Gasteiger partial charge < -0.3 is 19.7 Å². The molecule has 0 amide bonds. The van der Waals surface area contributed by atoms with Gasteiger partial charge in [0.2, 0.25) is 5.79 Å². The van der Waals surface area contributed by atoms with Crippen LogP contribution in [0.15, 0.2) is 11.1 Å². The molecular formula is C23H30O6. The number of aliphatic hydroxyl groups excluding tert-OH is 1. The van der Waals surface area contributed by atoms with Gasteiger partial charge in [-0.3, -0.25) is 9.59 Å². The van der Waals surface area contributed by atoms with Crippen molar-refractivity contribution in [3.63, 3.8) is 0 Å². The fraction of sp³-hybridized carbons (Fsp3) is 0.826. The first kappa shape index (κ1) is 18.5.